The molecule has 1 fully saturated rings. The Bertz CT molecular complexity index is 1220. The number of thioether (sulfide) groups is 1. The first kappa shape index (κ1) is 21.2. The fourth-order valence-corrected chi connectivity index (χ4v) is 3.93. The van der Waals surface area contributed by atoms with Crippen LogP contribution in [0, 0.1) is 0 Å². The first-order chi connectivity index (χ1) is 15.4. The number of benzene rings is 3. The number of rotatable bonds is 5. The molecule has 0 aromatic heterocycles. The second kappa shape index (κ2) is 8.99. The van der Waals surface area contributed by atoms with Crippen LogP contribution >= 0.6 is 11.8 Å². The zero-order valence-corrected chi connectivity index (χ0v) is 17.5. The summed E-state index contributed by atoms with van der Waals surface area (Å²) in [4.78, 5) is 38.8. The number of carbonyl (C=O) groups is 3. The van der Waals surface area contributed by atoms with Crippen molar-refractivity contribution in [2.75, 3.05) is 5.32 Å². The van der Waals surface area contributed by atoms with Crippen molar-refractivity contribution < 1.29 is 24.6 Å². The second-order valence-electron chi connectivity index (χ2n) is 7.03. The van der Waals surface area contributed by atoms with Gasteiger partial charge in [-0.25, -0.2) is 0 Å². The van der Waals surface area contributed by atoms with Gasteiger partial charge in [0.05, 0.1) is 11.4 Å². The summed E-state index contributed by atoms with van der Waals surface area (Å²) in [5, 5.41) is 21.4. The molecule has 1 aliphatic heterocycles. The molecule has 160 valence electrons. The summed E-state index contributed by atoms with van der Waals surface area (Å²) in [6.07, 6.45) is 1.49. The van der Waals surface area contributed by atoms with Gasteiger partial charge < -0.3 is 15.5 Å². The molecule has 3 aromatic rings. The third kappa shape index (κ3) is 4.65. The fraction of sp³-hybridized carbons (Fsp3) is 0.0417. The number of anilines is 1. The molecule has 0 saturated carbocycles. The number of nitrogens with zero attached hydrogens (tertiary/aromatic N) is 1. The van der Waals surface area contributed by atoms with Crippen molar-refractivity contribution in [3.8, 4) is 11.5 Å². The summed E-state index contributed by atoms with van der Waals surface area (Å²) in [6.45, 7) is 0.0728. The van der Waals surface area contributed by atoms with E-state index >= 15 is 0 Å². The number of hydrogen-bond donors (Lipinski definition) is 3. The zero-order valence-electron chi connectivity index (χ0n) is 16.7. The van der Waals surface area contributed by atoms with Crippen LogP contribution in [-0.2, 0) is 11.3 Å². The van der Waals surface area contributed by atoms with Gasteiger partial charge in [-0.1, -0.05) is 36.4 Å². The molecular weight excluding hydrogens is 428 g/mol. The van der Waals surface area contributed by atoms with Crippen molar-refractivity contribution in [3.05, 3.63) is 94.4 Å². The molecule has 32 heavy (non-hydrogen) atoms. The number of nitrogens with one attached hydrogen (secondary N) is 1. The van der Waals surface area contributed by atoms with E-state index in [0.717, 1.165) is 16.7 Å². The summed E-state index contributed by atoms with van der Waals surface area (Å²) in [5.41, 5.74) is 2.33. The summed E-state index contributed by atoms with van der Waals surface area (Å²) < 4.78 is 0. The molecule has 1 aliphatic rings. The van der Waals surface area contributed by atoms with Gasteiger partial charge in [0, 0.05) is 11.3 Å². The minimum atomic E-state index is -0.446. The molecule has 0 unspecified atom stereocenters. The predicted octanol–water partition coefficient (Wildman–Crippen LogP) is 4.59. The van der Waals surface area contributed by atoms with Crippen LogP contribution in [0.15, 0.2) is 77.7 Å². The van der Waals surface area contributed by atoms with E-state index in [0.29, 0.717) is 22.4 Å². The largest absolute Gasteiger partial charge is 0.504 e. The number of phenols is 2. The highest BCUT2D eigenvalue weighted by atomic mass is 32.2. The summed E-state index contributed by atoms with van der Waals surface area (Å²) in [6, 6.07) is 19.9. The maximum atomic E-state index is 12.7. The van der Waals surface area contributed by atoms with Crippen molar-refractivity contribution in [1.29, 1.82) is 0 Å². The lowest BCUT2D eigenvalue weighted by atomic mass is 10.1. The van der Waals surface area contributed by atoms with Crippen molar-refractivity contribution in [1.82, 2.24) is 4.90 Å². The Morgan fingerprint density at radius 3 is 2.34 bits per heavy atom. The summed E-state index contributed by atoms with van der Waals surface area (Å²) in [5.74, 6) is -1.28. The number of imide groups is 1. The van der Waals surface area contributed by atoms with E-state index in [-0.39, 0.29) is 28.9 Å². The molecule has 0 atom stereocenters. The van der Waals surface area contributed by atoms with E-state index in [1.807, 2.05) is 18.2 Å². The summed E-state index contributed by atoms with van der Waals surface area (Å²) in [7, 11) is 0. The van der Waals surface area contributed by atoms with Gasteiger partial charge in [0.15, 0.2) is 11.5 Å². The lowest BCUT2D eigenvalue weighted by molar-refractivity contribution is -0.123. The van der Waals surface area contributed by atoms with Crippen LogP contribution in [0.4, 0.5) is 10.5 Å². The number of para-hydroxylation sites is 1. The zero-order chi connectivity index (χ0) is 22.7. The predicted molar refractivity (Wildman–Crippen MR) is 122 cm³/mol. The molecule has 3 N–H and O–H groups in total. The van der Waals surface area contributed by atoms with E-state index in [4.69, 9.17) is 0 Å². The molecule has 3 aromatic carbocycles. The Morgan fingerprint density at radius 1 is 0.938 bits per heavy atom. The number of hydrogen-bond acceptors (Lipinski definition) is 6. The Kier molecular flexibility index (Phi) is 5.96. The quantitative estimate of drug-likeness (QED) is 0.391. The average Bonchev–Trinajstić information content (AvgIpc) is 3.05. The normalized spacial score (nSPS) is 14.8. The Morgan fingerprint density at radius 2 is 1.66 bits per heavy atom. The molecule has 0 bridgehead atoms. The van der Waals surface area contributed by atoms with Gasteiger partial charge in [-0.3, -0.25) is 19.3 Å². The minimum absolute atomic E-state index is 0.0728. The number of amides is 3. The Hall–Kier alpha value is -4.04. The molecule has 0 aliphatic carbocycles. The molecule has 1 heterocycles. The third-order valence-electron chi connectivity index (χ3n) is 4.76. The Balaban J connectivity index is 1.44. The standard InChI is InChI=1S/C24H18N2O5S/c27-19-11-8-16(12-20(19)28)13-21-23(30)26(24(31)32-21)14-15-6-9-17(10-7-15)22(29)25-18-4-2-1-3-5-18/h1-13,27-28H,14H2,(H,25,29)/b21-13-. The molecule has 0 radical (unpaired) electrons. The van der Waals surface area contributed by atoms with Crippen LogP contribution in [0.1, 0.15) is 21.5 Å². The van der Waals surface area contributed by atoms with Crippen LogP contribution in [0.3, 0.4) is 0 Å². The topological polar surface area (TPSA) is 107 Å². The first-order valence-electron chi connectivity index (χ1n) is 9.63. The second-order valence-corrected chi connectivity index (χ2v) is 8.03. The molecule has 8 heteroatoms. The lowest BCUT2D eigenvalue weighted by Gasteiger charge is -2.13. The van der Waals surface area contributed by atoms with Crippen molar-refractivity contribution in [2.45, 2.75) is 6.54 Å². The minimum Gasteiger partial charge on any atom is -0.504 e. The number of aromatic hydroxyl groups is 2. The van der Waals surface area contributed by atoms with Gasteiger partial charge in [0.25, 0.3) is 17.1 Å². The van der Waals surface area contributed by atoms with Crippen LogP contribution < -0.4 is 5.32 Å². The smallest absolute Gasteiger partial charge is 0.293 e. The van der Waals surface area contributed by atoms with E-state index in [2.05, 4.69) is 5.32 Å². The van der Waals surface area contributed by atoms with E-state index in [9.17, 15) is 24.6 Å². The van der Waals surface area contributed by atoms with E-state index in [1.165, 1.54) is 24.3 Å². The van der Waals surface area contributed by atoms with Gasteiger partial charge >= 0.3 is 0 Å². The average molecular weight is 446 g/mol. The number of phenolic OH excluding ortho intramolecular Hbond substituents is 2. The van der Waals surface area contributed by atoms with Gasteiger partial charge in [0.2, 0.25) is 0 Å². The number of carbonyl (C=O) groups excluding carboxylic acids is 3. The lowest BCUT2D eigenvalue weighted by Crippen LogP contribution is -2.27. The molecule has 1 saturated heterocycles. The van der Waals surface area contributed by atoms with Gasteiger partial charge in [0.1, 0.15) is 0 Å². The van der Waals surface area contributed by atoms with Crippen molar-refractivity contribution in [3.63, 3.8) is 0 Å². The maximum absolute atomic E-state index is 12.7. The van der Waals surface area contributed by atoms with Crippen LogP contribution in [-0.4, -0.2) is 32.2 Å². The van der Waals surface area contributed by atoms with Crippen LogP contribution in [0.25, 0.3) is 6.08 Å². The first-order valence-corrected chi connectivity index (χ1v) is 10.4. The molecule has 7 nitrogen and oxygen atoms in total. The fourth-order valence-electron chi connectivity index (χ4n) is 3.09. The van der Waals surface area contributed by atoms with E-state index in [1.54, 1.807) is 36.4 Å². The molecular formula is C24H18N2O5S. The Labute approximate surface area is 188 Å². The highest BCUT2D eigenvalue weighted by molar-refractivity contribution is 8.18. The molecule has 4 rings (SSSR count). The monoisotopic (exact) mass is 446 g/mol. The highest BCUT2D eigenvalue weighted by Crippen LogP contribution is 2.34. The van der Waals surface area contributed by atoms with Gasteiger partial charge in [-0.2, -0.15) is 0 Å². The van der Waals surface area contributed by atoms with Crippen LogP contribution in [0.5, 0.6) is 11.5 Å². The van der Waals surface area contributed by atoms with Crippen molar-refractivity contribution in [2.24, 2.45) is 0 Å². The van der Waals surface area contributed by atoms with Crippen molar-refractivity contribution >= 4 is 40.6 Å². The van der Waals surface area contributed by atoms with Gasteiger partial charge in [-0.15, -0.1) is 0 Å². The molecule has 0 spiro atoms. The van der Waals surface area contributed by atoms with Crippen LogP contribution in [0.2, 0.25) is 0 Å². The van der Waals surface area contributed by atoms with E-state index < -0.39 is 11.1 Å². The molecule has 3 amide bonds. The highest BCUT2D eigenvalue weighted by Gasteiger charge is 2.35. The van der Waals surface area contributed by atoms with Gasteiger partial charge in [-0.05, 0) is 65.4 Å². The summed E-state index contributed by atoms with van der Waals surface area (Å²) >= 11 is 0.806. The third-order valence-corrected chi connectivity index (χ3v) is 5.67. The maximum Gasteiger partial charge on any atom is 0.293 e. The SMILES string of the molecule is O=C(Nc1ccccc1)c1ccc(CN2C(=O)S/C(=C\c3ccc(O)c(O)c3)C2=O)cc1.